The van der Waals surface area contributed by atoms with Crippen LogP contribution < -0.4 is 10.6 Å². The van der Waals surface area contributed by atoms with E-state index in [9.17, 15) is 0 Å². The Bertz CT molecular complexity index is 528. The van der Waals surface area contributed by atoms with Crippen LogP contribution in [0, 0.1) is 6.92 Å². The molecule has 7 nitrogen and oxygen atoms in total. The van der Waals surface area contributed by atoms with E-state index in [4.69, 9.17) is 11.6 Å². The van der Waals surface area contributed by atoms with Crippen LogP contribution in [-0.2, 0) is 6.54 Å². The molecule has 2 aromatic rings. The summed E-state index contributed by atoms with van der Waals surface area (Å²) in [5, 5.41) is 5.94. The first kappa shape index (κ1) is 12.4. The lowest BCUT2D eigenvalue weighted by Gasteiger charge is -2.05. The van der Waals surface area contributed by atoms with Gasteiger partial charge in [0.2, 0.25) is 17.2 Å². The summed E-state index contributed by atoms with van der Waals surface area (Å²) >= 11 is 5.76. The van der Waals surface area contributed by atoms with E-state index in [1.807, 2.05) is 6.92 Å². The third kappa shape index (κ3) is 3.24. The fourth-order valence-electron chi connectivity index (χ4n) is 1.22. The molecule has 18 heavy (non-hydrogen) atoms. The Kier molecular flexibility index (Phi) is 3.83. The van der Waals surface area contributed by atoms with E-state index in [1.165, 1.54) is 0 Å². The molecule has 0 atom stereocenters. The second-order valence-corrected chi connectivity index (χ2v) is 3.84. The zero-order chi connectivity index (χ0) is 13.0. The standard InChI is InChI=1S/C10H12ClN7/c1-6-3-14-7(4-13-6)5-15-10-17-8(11)16-9(12-2)18-10/h3-4H,5H2,1-2H3,(H2,12,15,16,17,18). The van der Waals surface area contributed by atoms with E-state index in [0.29, 0.717) is 18.4 Å². The Morgan fingerprint density at radius 2 is 1.89 bits per heavy atom. The average molecular weight is 266 g/mol. The van der Waals surface area contributed by atoms with Crippen LogP contribution in [0.5, 0.6) is 0 Å². The van der Waals surface area contributed by atoms with Gasteiger partial charge in [-0.05, 0) is 18.5 Å². The van der Waals surface area contributed by atoms with E-state index >= 15 is 0 Å². The van der Waals surface area contributed by atoms with Gasteiger partial charge >= 0.3 is 0 Å². The predicted octanol–water partition coefficient (Wildman–Crippen LogP) is 1.28. The van der Waals surface area contributed by atoms with Crippen molar-refractivity contribution in [2.24, 2.45) is 0 Å². The smallest absolute Gasteiger partial charge is 0.229 e. The van der Waals surface area contributed by atoms with E-state index < -0.39 is 0 Å². The predicted molar refractivity (Wildman–Crippen MR) is 68.5 cm³/mol. The molecule has 2 N–H and O–H groups in total. The quantitative estimate of drug-likeness (QED) is 0.861. The molecule has 0 fully saturated rings. The number of hydrogen-bond acceptors (Lipinski definition) is 7. The minimum Gasteiger partial charge on any atom is -0.357 e. The first-order chi connectivity index (χ1) is 8.67. The number of aromatic nitrogens is 5. The summed E-state index contributed by atoms with van der Waals surface area (Å²) in [7, 11) is 1.71. The Balaban J connectivity index is 2.05. The summed E-state index contributed by atoms with van der Waals surface area (Å²) in [6, 6.07) is 0. The summed E-state index contributed by atoms with van der Waals surface area (Å²) in [5.41, 5.74) is 1.67. The van der Waals surface area contributed by atoms with Crippen molar-refractivity contribution in [3.8, 4) is 0 Å². The van der Waals surface area contributed by atoms with E-state index in [2.05, 4.69) is 35.6 Å². The second kappa shape index (κ2) is 5.54. The Labute approximate surface area is 109 Å². The minimum atomic E-state index is 0.131. The Morgan fingerprint density at radius 1 is 1.11 bits per heavy atom. The maximum Gasteiger partial charge on any atom is 0.229 e. The van der Waals surface area contributed by atoms with Crippen molar-refractivity contribution < 1.29 is 0 Å². The summed E-state index contributed by atoms with van der Waals surface area (Å²) in [6.45, 7) is 2.35. The molecule has 2 heterocycles. The van der Waals surface area contributed by atoms with Gasteiger partial charge in [0.15, 0.2) is 0 Å². The molecule has 8 heteroatoms. The normalized spacial score (nSPS) is 10.2. The highest BCUT2D eigenvalue weighted by Crippen LogP contribution is 2.09. The van der Waals surface area contributed by atoms with Crippen molar-refractivity contribution in [2.45, 2.75) is 13.5 Å². The summed E-state index contributed by atoms with van der Waals surface area (Å²) in [5.74, 6) is 0.800. The first-order valence-electron chi connectivity index (χ1n) is 5.28. The SMILES string of the molecule is CNc1nc(Cl)nc(NCc2cnc(C)cn2)n1. The number of halogens is 1. The van der Waals surface area contributed by atoms with Gasteiger partial charge in [-0.2, -0.15) is 15.0 Å². The van der Waals surface area contributed by atoms with E-state index in [1.54, 1.807) is 19.4 Å². The second-order valence-electron chi connectivity index (χ2n) is 3.50. The maximum absolute atomic E-state index is 5.76. The molecule has 0 aliphatic heterocycles. The monoisotopic (exact) mass is 265 g/mol. The zero-order valence-corrected chi connectivity index (χ0v) is 10.7. The van der Waals surface area contributed by atoms with E-state index in [0.717, 1.165) is 11.4 Å². The fraction of sp³-hybridized carbons (Fsp3) is 0.300. The van der Waals surface area contributed by atoms with Crippen molar-refractivity contribution in [3.05, 3.63) is 29.1 Å². The van der Waals surface area contributed by atoms with Crippen LogP contribution in [0.2, 0.25) is 5.28 Å². The van der Waals surface area contributed by atoms with Crippen molar-refractivity contribution in [1.29, 1.82) is 0 Å². The lowest BCUT2D eigenvalue weighted by atomic mass is 10.4. The Hall–Kier alpha value is -2.02. The Morgan fingerprint density at radius 3 is 2.56 bits per heavy atom. The maximum atomic E-state index is 5.76. The van der Waals surface area contributed by atoms with Gasteiger partial charge in [-0.3, -0.25) is 9.97 Å². The first-order valence-corrected chi connectivity index (χ1v) is 5.66. The largest absolute Gasteiger partial charge is 0.357 e. The minimum absolute atomic E-state index is 0.131. The third-order valence-corrected chi connectivity index (χ3v) is 2.26. The molecule has 0 saturated carbocycles. The number of anilines is 2. The van der Waals surface area contributed by atoms with Crippen LogP contribution in [0.25, 0.3) is 0 Å². The van der Waals surface area contributed by atoms with Crippen LogP contribution in [-0.4, -0.2) is 32.0 Å². The highest BCUT2D eigenvalue weighted by molar-refractivity contribution is 6.28. The van der Waals surface area contributed by atoms with Gasteiger partial charge in [0.25, 0.3) is 0 Å². The molecule has 0 aromatic carbocycles. The lowest BCUT2D eigenvalue weighted by molar-refractivity contribution is 0.949. The van der Waals surface area contributed by atoms with Gasteiger partial charge in [0, 0.05) is 13.2 Å². The molecule has 0 aliphatic carbocycles. The molecule has 0 saturated heterocycles. The molecule has 0 unspecified atom stereocenters. The molecule has 0 radical (unpaired) electrons. The third-order valence-electron chi connectivity index (χ3n) is 2.09. The van der Waals surface area contributed by atoms with Gasteiger partial charge in [-0.15, -0.1) is 0 Å². The van der Waals surface area contributed by atoms with Gasteiger partial charge < -0.3 is 10.6 Å². The van der Waals surface area contributed by atoms with Gasteiger partial charge in [0.1, 0.15) is 0 Å². The molecular formula is C10H12ClN7. The van der Waals surface area contributed by atoms with Crippen LogP contribution in [0.4, 0.5) is 11.9 Å². The number of nitrogens with one attached hydrogen (secondary N) is 2. The lowest BCUT2D eigenvalue weighted by Crippen LogP contribution is -2.08. The van der Waals surface area contributed by atoms with Crippen LogP contribution in [0.15, 0.2) is 12.4 Å². The molecule has 0 aliphatic rings. The summed E-state index contributed by atoms with van der Waals surface area (Å²) in [4.78, 5) is 20.3. The molecule has 0 bridgehead atoms. The zero-order valence-electron chi connectivity index (χ0n) is 9.98. The van der Waals surface area contributed by atoms with Crippen molar-refractivity contribution >= 4 is 23.5 Å². The van der Waals surface area contributed by atoms with Crippen LogP contribution >= 0.6 is 11.6 Å². The molecule has 0 amide bonds. The van der Waals surface area contributed by atoms with Gasteiger partial charge in [-0.1, -0.05) is 0 Å². The molecule has 0 spiro atoms. The number of rotatable bonds is 4. The molecule has 2 rings (SSSR count). The van der Waals surface area contributed by atoms with E-state index in [-0.39, 0.29) is 5.28 Å². The number of aryl methyl sites for hydroxylation is 1. The van der Waals surface area contributed by atoms with Crippen molar-refractivity contribution in [2.75, 3.05) is 17.7 Å². The molecular weight excluding hydrogens is 254 g/mol. The summed E-state index contributed by atoms with van der Waals surface area (Å²) in [6.07, 6.45) is 3.40. The average Bonchev–Trinajstić information content (AvgIpc) is 2.37. The highest BCUT2D eigenvalue weighted by Gasteiger charge is 2.03. The van der Waals surface area contributed by atoms with Crippen LogP contribution in [0.3, 0.4) is 0 Å². The van der Waals surface area contributed by atoms with Crippen molar-refractivity contribution in [1.82, 2.24) is 24.9 Å². The number of hydrogen-bond donors (Lipinski definition) is 2. The molecule has 94 valence electrons. The van der Waals surface area contributed by atoms with Crippen molar-refractivity contribution in [3.63, 3.8) is 0 Å². The fourth-order valence-corrected chi connectivity index (χ4v) is 1.38. The van der Waals surface area contributed by atoms with Gasteiger partial charge in [-0.25, -0.2) is 0 Å². The van der Waals surface area contributed by atoms with Gasteiger partial charge in [0.05, 0.1) is 24.1 Å². The van der Waals surface area contributed by atoms with Crippen LogP contribution in [0.1, 0.15) is 11.4 Å². The highest BCUT2D eigenvalue weighted by atomic mass is 35.5. The summed E-state index contributed by atoms with van der Waals surface area (Å²) < 4.78 is 0. The topological polar surface area (TPSA) is 88.5 Å². The molecule has 2 aromatic heterocycles. The number of nitrogens with zero attached hydrogens (tertiary/aromatic N) is 5.